The van der Waals surface area contributed by atoms with E-state index in [1.807, 2.05) is 19.9 Å². The predicted molar refractivity (Wildman–Crippen MR) is 81.0 cm³/mol. The van der Waals surface area contributed by atoms with Gasteiger partial charge in [-0.3, -0.25) is 4.68 Å². The van der Waals surface area contributed by atoms with Gasteiger partial charge in [0, 0.05) is 30.5 Å². The maximum atomic E-state index is 4.46. The summed E-state index contributed by atoms with van der Waals surface area (Å²) in [4.78, 5) is 8.78. The van der Waals surface area contributed by atoms with Crippen LogP contribution < -0.4 is 5.32 Å². The summed E-state index contributed by atoms with van der Waals surface area (Å²) in [5.41, 5.74) is 3.38. The quantitative estimate of drug-likeness (QED) is 0.822. The molecule has 0 saturated heterocycles. The van der Waals surface area contributed by atoms with Crippen LogP contribution >= 0.6 is 0 Å². The van der Waals surface area contributed by atoms with Gasteiger partial charge in [-0.2, -0.15) is 5.10 Å². The standard InChI is InChI=1S/C15H23N5/c1-5-14-10-15(18-13(4)17-14)16-7-6-8-20-12(3)9-11(2)19-20/h9-10H,5-8H2,1-4H3,(H,16,17,18). The van der Waals surface area contributed by atoms with Gasteiger partial charge in [-0.25, -0.2) is 9.97 Å². The van der Waals surface area contributed by atoms with Crippen molar-refractivity contribution in [3.63, 3.8) is 0 Å². The van der Waals surface area contributed by atoms with E-state index in [1.165, 1.54) is 5.69 Å². The Bertz CT molecular complexity index is 574. The lowest BCUT2D eigenvalue weighted by atomic mass is 10.3. The molecule has 2 rings (SSSR count). The van der Waals surface area contributed by atoms with Crippen molar-refractivity contribution in [3.05, 3.63) is 35.0 Å². The van der Waals surface area contributed by atoms with Crippen molar-refractivity contribution >= 4 is 5.82 Å². The van der Waals surface area contributed by atoms with Gasteiger partial charge in [-0.15, -0.1) is 0 Å². The molecule has 0 radical (unpaired) electrons. The summed E-state index contributed by atoms with van der Waals surface area (Å²) in [6.07, 6.45) is 1.95. The Morgan fingerprint density at radius 3 is 2.60 bits per heavy atom. The van der Waals surface area contributed by atoms with Gasteiger partial charge in [0.25, 0.3) is 0 Å². The van der Waals surface area contributed by atoms with E-state index in [2.05, 4.69) is 45.0 Å². The first-order valence-corrected chi connectivity index (χ1v) is 7.18. The van der Waals surface area contributed by atoms with Gasteiger partial charge in [0.05, 0.1) is 5.69 Å². The van der Waals surface area contributed by atoms with E-state index >= 15 is 0 Å². The second kappa shape index (κ2) is 6.50. The fraction of sp³-hybridized carbons (Fsp3) is 0.533. The van der Waals surface area contributed by atoms with Crippen LogP contribution in [-0.4, -0.2) is 26.3 Å². The van der Waals surface area contributed by atoms with Crippen molar-refractivity contribution in [2.24, 2.45) is 0 Å². The van der Waals surface area contributed by atoms with E-state index in [9.17, 15) is 0 Å². The van der Waals surface area contributed by atoms with Crippen molar-refractivity contribution in [2.45, 2.75) is 47.1 Å². The fourth-order valence-electron chi connectivity index (χ4n) is 2.25. The van der Waals surface area contributed by atoms with Crippen molar-refractivity contribution in [2.75, 3.05) is 11.9 Å². The monoisotopic (exact) mass is 273 g/mol. The highest BCUT2D eigenvalue weighted by atomic mass is 15.3. The average Bonchev–Trinajstić information content (AvgIpc) is 2.72. The second-order valence-corrected chi connectivity index (χ2v) is 5.08. The molecule has 0 fully saturated rings. The van der Waals surface area contributed by atoms with Crippen LogP contribution in [0.5, 0.6) is 0 Å². The van der Waals surface area contributed by atoms with Crippen LogP contribution in [0.15, 0.2) is 12.1 Å². The van der Waals surface area contributed by atoms with E-state index in [0.717, 1.165) is 49.0 Å². The molecular formula is C15H23N5. The summed E-state index contributed by atoms with van der Waals surface area (Å²) in [6.45, 7) is 9.97. The van der Waals surface area contributed by atoms with E-state index in [0.29, 0.717) is 0 Å². The molecule has 0 atom stereocenters. The Morgan fingerprint density at radius 2 is 1.95 bits per heavy atom. The third-order valence-corrected chi connectivity index (χ3v) is 3.21. The number of hydrogen-bond donors (Lipinski definition) is 1. The molecule has 0 aliphatic heterocycles. The van der Waals surface area contributed by atoms with Gasteiger partial charge < -0.3 is 5.32 Å². The molecule has 2 heterocycles. The molecule has 0 saturated carbocycles. The van der Waals surface area contributed by atoms with Gasteiger partial charge >= 0.3 is 0 Å². The lowest BCUT2D eigenvalue weighted by molar-refractivity contribution is 0.573. The molecule has 0 amide bonds. The Morgan fingerprint density at radius 1 is 1.15 bits per heavy atom. The number of aromatic nitrogens is 4. The maximum Gasteiger partial charge on any atom is 0.129 e. The van der Waals surface area contributed by atoms with Crippen LogP contribution in [0.25, 0.3) is 0 Å². The van der Waals surface area contributed by atoms with Gasteiger partial charge in [0.15, 0.2) is 0 Å². The van der Waals surface area contributed by atoms with Crippen LogP contribution in [0.4, 0.5) is 5.82 Å². The highest BCUT2D eigenvalue weighted by Crippen LogP contribution is 2.08. The Kier molecular flexibility index (Phi) is 4.71. The maximum absolute atomic E-state index is 4.46. The topological polar surface area (TPSA) is 55.6 Å². The molecule has 0 aliphatic carbocycles. The zero-order valence-electron chi connectivity index (χ0n) is 12.8. The van der Waals surface area contributed by atoms with E-state index in [1.54, 1.807) is 0 Å². The number of hydrogen-bond acceptors (Lipinski definition) is 4. The lowest BCUT2D eigenvalue weighted by Gasteiger charge is -2.08. The third-order valence-electron chi connectivity index (χ3n) is 3.21. The zero-order valence-corrected chi connectivity index (χ0v) is 12.8. The highest BCUT2D eigenvalue weighted by Gasteiger charge is 2.02. The van der Waals surface area contributed by atoms with Crippen molar-refractivity contribution in [3.8, 4) is 0 Å². The number of aryl methyl sites for hydroxylation is 5. The molecule has 20 heavy (non-hydrogen) atoms. The molecule has 0 aliphatic rings. The molecule has 0 spiro atoms. The van der Waals surface area contributed by atoms with Gasteiger partial charge in [0.2, 0.25) is 0 Å². The first-order valence-electron chi connectivity index (χ1n) is 7.18. The first-order chi connectivity index (χ1) is 9.58. The molecule has 108 valence electrons. The van der Waals surface area contributed by atoms with Crippen LogP contribution in [0, 0.1) is 20.8 Å². The largest absolute Gasteiger partial charge is 0.370 e. The summed E-state index contributed by atoms with van der Waals surface area (Å²) in [7, 11) is 0. The van der Waals surface area contributed by atoms with E-state index in [-0.39, 0.29) is 0 Å². The first kappa shape index (κ1) is 14.5. The molecule has 5 heteroatoms. The summed E-state index contributed by atoms with van der Waals surface area (Å²) in [5, 5.41) is 7.82. The van der Waals surface area contributed by atoms with E-state index < -0.39 is 0 Å². The summed E-state index contributed by atoms with van der Waals surface area (Å²) in [5.74, 6) is 1.74. The third kappa shape index (κ3) is 3.79. The molecule has 1 N–H and O–H groups in total. The number of anilines is 1. The average molecular weight is 273 g/mol. The minimum absolute atomic E-state index is 0.824. The van der Waals surface area contributed by atoms with Crippen LogP contribution in [0.2, 0.25) is 0 Å². The number of rotatable bonds is 6. The Hall–Kier alpha value is -1.91. The van der Waals surface area contributed by atoms with Crippen LogP contribution in [-0.2, 0) is 13.0 Å². The predicted octanol–water partition coefficient (Wildman–Crippen LogP) is 2.66. The molecule has 5 nitrogen and oxygen atoms in total. The van der Waals surface area contributed by atoms with Crippen LogP contribution in [0.1, 0.15) is 36.3 Å². The van der Waals surface area contributed by atoms with E-state index in [4.69, 9.17) is 0 Å². The Balaban J connectivity index is 1.84. The molecule has 0 aromatic carbocycles. The van der Waals surface area contributed by atoms with Crippen molar-refractivity contribution in [1.29, 1.82) is 0 Å². The zero-order chi connectivity index (χ0) is 14.5. The summed E-state index contributed by atoms with van der Waals surface area (Å²) < 4.78 is 2.06. The SMILES string of the molecule is CCc1cc(NCCCn2nc(C)cc2C)nc(C)n1. The van der Waals surface area contributed by atoms with Crippen LogP contribution in [0.3, 0.4) is 0 Å². The minimum Gasteiger partial charge on any atom is -0.370 e. The number of nitrogens with one attached hydrogen (secondary N) is 1. The van der Waals surface area contributed by atoms with Crippen molar-refractivity contribution in [1.82, 2.24) is 19.7 Å². The van der Waals surface area contributed by atoms with Gasteiger partial charge in [-0.05, 0) is 39.7 Å². The molecule has 0 unspecified atom stereocenters. The highest BCUT2D eigenvalue weighted by molar-refractivity contribution is 5.35. The fourth-order valence-corrected chi connectivity index (χ4v) is 2.25. The molecule has 2 aromatic rings. The molecule has 2 aromatic heterocycles. The minimum atomic E-state index is 0.824. The van der Waals surface area contributed by atoms with Gasteiger partial charge in [-0.1, -0.05) is 6.92 Å². The summed E-state index contributed by atoms with van der Waals surface area (Å²) >= 11 is 0. The normalized spacial score (nSPS) is 10.8. The summed E-state index contributed by atoms with van der Waals surface area (Å²) in [6, 6.07) is 4.13. The molecule has 0 bridgehead atoms. The van der Waals surface area contributed by atoms with Crippen molar-refractivity contribution < 1.29 is 0 Å². The van der Waals surface area contributed by atoms with Gasteiger partial charge in [0.1, 0.15) is 11.6 Å². The number of nitrogens with zero attached hydrogens (tertiary/aromatic N) is 4. The Labute approximate surface area is 120 Å². The second-order valence-electron chi connectivity index (χ2n) is 5.08. The lowest BCUT2D eigenvalue weighted by Crippen LogP contribution is -2.10. The molecular weight excluding hydrogens is 250 g/mol. The smallest absolute Gasteiger partial charge is 0.129 e.